The summed E-state index contributed by atoms with van der Waals surface area (Å²) < 4.78 is 38.4. The predicted molar refractivity (Wildman–Crippen MR) is 113 cm³/mol. The summed E-state index contributed by atoms with van der Waals surface area (Å²) in [4.78, 5) is 33.0. The minimum absolute atomic E-state index is 0.0771. The lowest BCUT2D eigenvalue weighted by atomic mass is 10.1. The number of hydrogen-bond acceptors (Lipinski definition) is 5. The third-order valence-electron chi connectivity index (χ3n) is 5.17. The Morgan fingerprint density at radius 2 is 1.94 bits per heavy atom. The first-order valence-corrected chi connectivity index (χ1v) is 10.8. The number of carbonyl (C=O) groups excluding carboxylic acids is 2. The molecule has 0 bridgehead atoms. The molecule has 31 heavy (non-hydrogen) atoms. The number of rotatable bonds is 2. The predicted octanol–water partition coefficient (Wildman–Crippen LogP) is 4.15. The van der Waals surface area contributed by atoms with Gasteiger partial charge in [0.2, 0.25) is 5.91 Å². The zero-order valence-corrected chi connectivity index (χ0v) is 17.9. The fourth-order valence-electron chi connectivity index (χ4n) is 3.46. The molecule has 164 valence electrons. The maximum atomic E-state index is 12.9. The highest BCUT2D eigenvalue weighted by Crippen LogP contribution is 2.36. The van der Waals surface area contributed by atoms with E-state index in [9.17, 15) is 22.8 Å². The topological polar surface area (TPSA) is 65.5 Å². The van der Waals surface area contributed by atoms with Crippen LogP contribution in [0.25, 0.3) is 0 Å². The van der Waals surface area contributed by atoms with Crippen LogP contribution in [0.2, 0.25) is 5.02 Å². The van der Waals surface area contributed by atoms with Crippen LogP contribution >= 0.6 is 23.4 Å². The van der Waals surface area contributed by atoms with Crippen molar-refractivity contribution in [2.24, 2.45) is 0 Å². The van der Waals surface area contributed by atoms with Gasteiger partial charge in [0, 0.05) is 42.8 Å². The highest BCUT2D eigenvalue weighted by atomic mass is 35.5. The van der Waals surface area contributed by atoms with E-state index in [1.807, 2.05) is 13.0 Å². The number of anilines is 2. The average Bonchev–Trinajstić information content (AvgIpc) is 2.73. The number of benzene rings is 1. The number of nitrogens with zero attached hydrogens (tertiary/aromatic N) is 3. The van der Waals surface area contributed by atoms with Crippen molar-refractivity contribution in [3.8, 4) is 0 Å². The van der Waals surface area contributed by atoms with Crippen LogP contribution in [0.3, 0.4) is 0 Å². The Kier molecular flexibility index (Phi) is 5.78. The van der Waals surface area contributed by atoms with Crippen LogP contribution in [0.5, 0.6) is 0 Å². The van der Waals surface area contributed by atoms with Gasteiger partial charge in [-0.1, -0.05) is 11.6 Å². The highest BCUT2D eigenvalue weighted by molar-refractivity contribution is 8.00. The van der Waals surface area contributed by atoms with Crippen LogP contribution in [0.4, 0.5) is 24.7 Å². The average molecular weight is 471 g/mol. The van der Waals surface area contributed by atoms with Crippen LogP contribution in [0, 0.1) is 0 Å². The van der Waals surface area contributed by atoms with Crippen molar-refractivity contribution >= 4 is 46.7 Å². The molecule has 1 N–H and O–H groups in total. The number of nitrogens with one attached hydrogen (secondary N) is 1. The van der Waals surface area contributed by atoms with Gasteiger partial charge in [-0.05, 0) is 31.2 Å². The van der Waals surface area contributed by atoms with E-state index in [1.54, 1.807) is 21.9 Å². The number of piperazine rings is 1. The van der Waals surface area contributed by atoms with Gasteiger partial charge in [0.25, 0.3) is 5.91 Å². The van der Waals surface area contributed by atoms with E-state index in [1.165, 1.54) is 11.8 Å². The van der Waals surface area contributed by atoms with Crippen molar-refractivity contribution in [1.82, 2.24) is 9.88 Å². The molecule has 1 aromatic carbocycles. The number of carbonyl (C=O) groups is 2. The van der Waals surface area contributed by atoms with Crippen molar-refractivity contribution in [3.63, 3.8) is 0 Å². The molecule has 2 aliphatic rings. The molecule has 6 nitrogen and oxygen atoms in total. The van der Waals surface area contributed by atoms with Gasteiger partial charge in [0.15, 0.2) is 0 Å². The molecule has 4 rings (SSSR count). The Bertz CT molecular complexity index is 1040. The molecule has 0 saturated carbocycles. The van der Waals surface area contributed by atoms with Crippen LogP contribution in [0.15, 0.2) is 35.4 Å². The Morgan fingerprint density at radius 3 is 2.58 bits per heavy atom. The zero-order chi connectivity index (χ0) is 22.3. The molecule has 0 aliphatic carbocycles. The van der Waals surface area contributed by atoms with Crippen molar-refractivity contribution < 1.29 is 22.8 Å². The molecular formula is C20H18ClF3N4O2S. The van der Waals surface area contributed by atoms with Gasteiger partial charge >= 0.3 is 6.18 Å². The number of thioether (sulfide) groups is 1. The van der Waals surface area contributed by atoms with E-state index < -0.39 is 11.7 Å². The monoisotopic (exact) mass is 470 g/mol. The van der Waals surface area contributed by atoms with Crippen LogP contribution in [-0.4, -0.2) is 53.1 Å². The molecule has 2 aliphatic heterocycles. The first kappa shape index (κ1) is 21.8. The van der Waals surface area contributed by atoms with E-state index in [2.05, 4.69) is 10.3 Å². The van der Waals surface area contributed by atoms with E-state index in [0.717, 1.165) is 17.2 Å². The van der Waals surface area contributed by atoms with E-state index >= 15 is 0 Å². The largest absolute Gasteiger partial charge is 0.417 e. The number of pyridine rings is 1. The van der Waals surface area contributed by atoms with Gasteiger partial charge < -0.3 is 15.1 Å². The first-order chi connectivity index (χ1) is 14.6. The third kappa shape index (κ3) is 4.45. The first-order valence-electron chi connectivity index (χ1n) is 9.52. The second-order valence-electron chi connectivity index (χ2n) is 7.27. The summed E-state index contributed by atoms with van der Waals surface area (Å²) in [5.41, 5.74) is 0.189. The summed E-state index contributed by atoms with van der Waals surface area (Å²) in [6.07, 6.45) is -3.75. The molecule has 11 heteroatoms. The molecule has 1 saturated heterocycles. The summed E-state index contributed by atoms with van der Waals surface area (Å²) in [5, 5.41) is 2.55. The number of hydrogen-bond donors (Lipinski definition) is 1. The summed E-state index contributed by atoms with van der Waals surface area (Å²) in [7, 11) is 0. The van der Waals surface area contributed by atoms with Gasteiger partial charge in [-0.2, -0.15) is 13.2 Å². The lowest BCUT2D eigenvalue weighted by Gasteiger charge is -2.36. The maximum absolute atomic E-state index is 12.9. The Balaban J connectivity index is 1.43. The minimum atomic E-state index is -4.51. The molecule has 2 aromatic rings. The second kappa shape index (κ2) is 8.23. The molecule has 0 radical (unpaired) electrons. The van der Waals surface area contributed by atoms with Crippen LogP contribution < -0.4 is 10.2 Å². The molecule has 1 atom stereocenters. The molecule has 2 amide bonds. The van der Waals surface area contributed by atoms with E-state index in [0.29, 0.717) is 37.4 Å². The van der Waals surface area contributed by atoms with Crippen molar-refractivity contribution in [1.29, 1.82) is 0 Å². The van der Waals surface area contributed by atoms with Gasteiger partial charge in [-0.3, -0.25) is 9.59 Å². The van der Waals surface area contributed by atoms with Crippen molar-refractivity contribution in [2.45, 2.75) is 23.2 Å². The summed E-state index contributed by atoms with van der Waals surface area (Å²) in [6, 6.07) is 6.10. The Labute approximate surface area is 185 Å². The molecule has 3 heterocycles. The summed E-state index contributed by atoms with van der Waals surface area (Å²) in [6.45, 7) is 3.33. The van der Waals surface area contributed by atoms with Crippen LogP contribution in [-0.2, 0) is 11.0 Å². The van der Waals surface area contributed by atoms with Crippen molar-refractivity contribution in [3.05, 3.63) is 46.6 Å². The second-order valence-corrected chi connectivity index (χ2v) is 9.06. The summed E-state index contributed by atoms with van der Waals surface area (Å²) >= 11 is 7.48. The van der Waals surface area contributed by atoms with Crippen LogP contribution in [0.1, 0.15) is 22.8 Å². The number of amides is 2. The quantitative estimate of drug-likeness (QED) is 0.714. The lowest BCUT2D eigenvalue weighted by molar-refractivity contribution is -0.137. The Hall–Kier alpha value is -2.46. The smallest absolute Gasteiger partial charge is 0.352 e. The van der Waals surface area contributed by atoms with Crippen molar-refractivity contribution in [2.75, 3.05) is 36.4 Å². The molecular weight excluding hydrogens is 453 g/mol. The molecule has 0 spiro atoms. The SMILES string of the molecule is C[C@H]1Sc2ccc(C(=O)N3CCN(c4ncc(C(F)(F)F)cc4Cl)CC3)cc2NC1=O. The molecule has 1 fully saturated rings. The fraction of sp³-hybridized carbons (Fsp3) is 0.350. The molecule has 1 aromatic heterocycles. The van der Waals surface area contributed by atoms with Gasteiger partial charge in [0.1, 0.15) is 5.82 Å². The van der Waals surface area contributed by atoms with Gasteiger partial charge in [-0.15, -0.1) is 11.8 Å². The highest BCUT2D eigenvalue weighted by Gasteiger charge is 2.33. The molecule has 0 unspecified atom stereocenters. The van der Waals surface area contributed by atoms with Gasteiger partial charge in [0.05, 0.1) is 21.5 Å². The number of alkyl halides is 3. The Morgan fingerprint density at radius 1 is 1.23 bits per heavy atom. The van der Waals surface area contributed by atoms with E-state index in [-0.39, 0.29) is 27.9 Å². The maximum Gasteiger partial charge on any atom is 0.417 e. The summed E-state index contributed by atoms with van der Waals surface area (Å²) in [5.74, 6) is -0.00664. The lowest BCUT2D eigenvalue weighted by Crippen LogP contribution is -2.49. The number of halogens is 4. The normalized spacial score (nSPS) is 19.1. The fourth-order valence-corrected chi connectivity index (χ4v) is 4.68. The standard InChI is InChI=1S/C20H18ClF3N4O2S/c1-11-18(29)26-15-8-12(2-3-16(15)31-11)19(30)28-6-4-27(5-7-28)17-14(21)9-13(10-25-17)20(22,23)24/h2-3,8-11H,4-7H2,1H3,(H,26,29)/t11-/m1/s1. The number of aromatic nitrogens is 1. The van der Waals surface area contributed by atoms with Gasteiger partial charge in [-0.25, -0.2) is 4.98 Å². The zero-order valence-electron chi connectivity index (χ0n) is 16.4. The third-order valence-corrected chi connectivity index (χ3v) is 6.63. The number of fused-ring (bicyclic) bond motifs is 1. The van der Waals surface area contributed by atoms with E-state index in [4.69, 9.17) is 11.6 Å². The minimum Gasteiger partial charge on any atom is -0.352 e.